The van der Waals surface area contributed by atoms with Crippen molar-refractivity contribution in [1.29, 1.82) is 0 Å². The molecule has 9 heavy (non-hydrogen) atoms. The van der Waals surface area contributed by atoms with Gasteiger partial charge in [-0.1, -0.05) is 0 Å². The van der Waals surface area contributed by atoms with E-state index in [1.54, 1.807) is 0 Å². The lowest BCUT2D eigenvalue weighted by Gasteiger charge is -2.06. The Bertz CT molecular complexity index is 119. The molecule has 56 valence electrons. The Morgan fingerprint density at radius 2 is 2.11 bits per heavy atom. The van der Waals surface area contributed by atoms with Gasteiger partial charge in [0, 0.05) is 6.54 Å². The van der Waals surface area contributed by atoms with E-state index in [1.165, 1.54) is 6.92 Å². The van der Waals surface area contributed by atoms with E-state index in [4.69, 9.17) is 14.9 Å². The summed E-state index contributed by atoms with van der Waals surface area (Å²) in [6.45, 7) is 1.34. The van der Waals surface area contributed by atoms with Crippen molar-refractivity contribution < 1.29 is 19.5 Å². The fraction of sp³-hybridized carbons (Fsp3) is 1.00. The maximum absolute atomic E-state index is 10.0. The minimum absolute atomic E-state index is 0.0930. The van der Waals surface area contributed by atoms with Gasteiger partial charge in [-0.2, -0.15) is 0 Å². The first-order valence-corrected chi connectivity index (χ1v) is 4.02. The Morgan fingerprint density at radius 3 is 2.22 bits per heavy atom. The Labute approximate surface area is 52.9 Å². The van der Waals surface area contributed by atoms with Crippen LogP contribution >= 0.6 is 7.75 Å². The van der Waals surface area contributed by atoms with Gasteiger partial charge in [0.15, 0.2) is 0 Å². The van der Waals surface area contributed by atoms with Crippen LogP contribution in [0.2, 0.25) is 0 Å². The van der Waals surface area contributed by atoms with E-state index in [2.05, 4.69) is 0 Å². The molecule has 0 radical (unpaired) electrons. The van der Waals surface area contributed by atoms with E-state index < -0.39 is 13.9 Å². The van der Waals surface area contributed by atoms with Gasteiger partial charge in [-0.15, -0.1) is 0 Å². The van der Waals surface area contributed by atoms with Crippen molar-refractivity contribution in [2.45, 2.75) is 13.0 Å². The fourth-order valence-electron chi connectivity index (χ4n) is 0.251. The third kappa shape index (κ3) is 8.07. The van der Waals surface area contributed by atoms with Gasteiger partial charge in [0.05, 0.1) is 6.10 Å². The number of rotatable bonds is 3. The van der Waals surface area contributed by atoms with Crippen LogP contribution < -0.4 is 5.09 Å². The van der Waals surface area contributed by atoms with Gasteiger partial charge in [0.2, 0.25) is 0 Å². The zero-order chi connectivity index (χ0) is 7.49. The van der Waals surface area contributed by atoms with E-state index in [-0.39, 0.29) is 6.54 Å². The average Bonchev–Trinajstić information content (AvgIpc) is 1.59. The molecule has 1 atom stereocenters. The lowest BCUT2D eigenvalue weighted by atomic mass is 10.4. The minimum atomic E-state index is -4.13. The molecule has 5 nitrogen and oxygen atoms in total. The van der Waals surface area contributed by atoms with Crippen LogP contribution in [0, 0.1) is 0 Å². The van der Waals surface area contributed by atoms with Crippen molar-refractivity contribution in [2.75, 3.05) is 6.54 Å². The van der Waals surface area contributed by atoms with E-state index in [0.29, 0.717) is 0 Å². The highest BCUT2D eigenvalue weighted by Crippen LogP contribution is 2.27. The SMILES string of the molecule is CC(O)CNP(=O)(O)O. The van der Waals surface area contributed by atoms with Crippen LogP contribution in [0.3, 0.4) is 0 Å². The molecule has 0 amide bonds. The number of hydrogen-bond acceptors (Lipinski definition) is 2. The Hall–Kier alpha value is 0.0700. The first kappa shape index (κ1) is 9.07. The molecule has 0 bridgehead atoms. The van der Waals surface area contributed by atoms with Crippen LogP contribution in [0.25, 0.3) is 0 Å². The lowest BCUT2D eigenvalue weighted by Crippen LogP contribution is -2.21. The van der Waals surface area contributed by atoms with Gasteiger partial charge < -0.3 is 14.9 Å². The maximum atomic E-state index is 10.0. The Kier molecular flexibility index (Phi) is 3.32. The van der Waals surface area contributed by atoms with Gasteiger partial charge in [0.25, 0.3) is 0 Å². The number of nitrogens with one attached hydrogen (secondary N) is 1. The number of hydrogen-bond donors (Lipinski definition) is 4. The third-order valence-corrected chi connectivity index (χ3v) is 1.19. The normalized spacial score (nSPS) is 15.6. The first-order chi connectivity index (χ1) is 3.92. The zero-order valence-corrected chi connectivity index (χ0v) is 5.88. The summed E-state index contributed by atoms with van der Waals surface area (Å²) in [6, 6.07) is 0. The molecule has 0 aromatic heterocycles. The highest BCUT2D eigenvalue weighted by Gasteiger charge is 2.11. The van der Waals surface area contributed by atoms with Crippen LogP contribution in [0.4, 0.5) is 0 Å². The number of aliphatic hydroxyl groups excluding tert-OH is 1. The van der Waals surface area contributed by atoms with Crippen LogP contribution in [0.1, 0.15) is 6.92 Å². The quantitative estimate of drug-likeness (QED) is 0.394. The van der Waals surface area contributed by atoms with Crippen LogP contribution in [0.15, 0.2) is 0 Å². The van der Waals surface area contributed by atoms with Crippen molar-refractivity contribution in [1.82, 2.24) is 5.09 Å². The molecule has 0 saturated heterocycles. The summed E-state index contributed by atoms with van der Waals surface area (Å²) in [5.41, 5.74) is 0. The molecule has 6 heteroatoms. The summed E-state index contributed by atoms with van der Waals surface area (Å²) in [4.78, 5) is 16.3. The Balaban J connectivity index is 3.40. The smallest absolute Gasteiger partial charge is 0.392 e. The second-order valence-electron chi connectivity index (χ2n) is 1.76. The molecule has 0 fully saturated rings. The van der Waals surface area contributed by atoms with Gasteiger partial charge >= 0.3 is 7.75 Å². The van der Waals surface area contributed by atoms with E-state index in [9.17, 15) is 4.57 Å². The topological polar surface area (TPSA) is 89.8 Å². The standard InChI is InChI=1S/C3H10NO4P/c1-3(5)2-4-9(6,7)8/h3,5H,2H2,1H3,(H3,4,6,7,8). The molecule has 0 rings (SSSR count). The predicted molar refractivity (Wildman–Crippen MR) is 31.7 cm³/mol. The van der Waals surface area contributed by atoms with Crippen LogP contribution in [-0.4, -0.2) is 27.5 Å². The average molecular weight is 155 g/mol. The molecule has 0 saturated carbocycles. The summed E-state index contributed by atoms with van der Waals surface area (Å²) in [5, 5.41) is 10.3. The molecule has 0 aromatic carbocycles. The fourth-order valence-corrected chi connectivity index (χ4v) is 0.753. The monoisotopic (exact) mass is 155 g/mol. The van der Waals surface area contributed by atoms with Crippen LogP contribution in [0.5, 0.6) is 0 Å². The second kappa shape index (κ2) is 3.29. The molecular formula is C3H10NO4P. The highest BCUT2D eigenvalue weighted by atomic mass is 31.2. The van der Waals surface area contributed by atoms with Crippen molar-refractivity contribution in [3.05, 3.63) is 0 Å². The van der Waals surface area contributed by atoms with Crippen molar-refractivity contribution in [3.63, 3.8) is 0 Å². The number of aliphatic hydroxyl groups is 1. The Morgan fingerprint density at radius 1 is 1.67 bits per heavy atom. The molecule has 0 aliphatic heterocycles. The van der Waals surface area contributed by atoms with E-state index in [1.807, 2.05) is 5.09 Å². The molecule has 0 aliphatic carbocycles. The lowest BCUT2D eigenvalue weighted by molar-refractivity contribution is 0.194. The largest absolute Gasteiger partial charge is 0.400 e. The second-order valence-corrected chi connectivity index (χ2v) is 3.16. The molecule has 0 heterocycles. The van der Waals surface area contributed by atoms with Crippen molar-refractivity contribution in [2.24, 2.45) is 0 Å². The summed E-state index contributed by atoms with van der Waals surface area (Å²) >= 11 is 0. The van der Waals surface area contributed by atoms with Gasteiger partial charge in [0.1, 0.15) is 0 Å². The van der Waals surface area contributed by atoms with Crippen molar-refractivity contribution in [3.8, 4) is 0 Å². The summed E-state index contributed by atoms with van der Waals surface area (Å²) in [7, 11) is -4.13. The molecule has 1 unspecified atom stereocenters. The van der Waals surface area contributed by atoms with Gasteiger partial charge in [-0.3, -0.25) is 0 Å². The maximum Gasteiger partial charge on any atom is 0.400 e. The first-order valence-electron chi connectivity index (χ1n) is 2.40. The molecule has 4 N–H and O–H groups in total. The van der Waals surface area contributed by atoms with Crippen LogP contribution in [-0.2, 0) is 4.57 Å². The molecule has 0 aromatic rings. The minimum Gasteiger partial charge on any atom is -0.392 e. The van der Waals surface area contributed by atoms with E-state index >= 15 is 0 Å². The summed E-state index contributed by atoms with van der Waals surface area (Å²) in [5.74, 6) is 0. The predicted octanol–water partition coefficient (Wildman–Crippen LogP) is -0.950. The van der Waals surface area contributed by atoms with Crippen molar-refractivity contribution >= 4 is 7.75 Å². The highest BCUT2D eigenvalue weighted by molar-refractivity contribution is 7.49. The molecule has 0 spiro atoms. The van der Waals surface area contributed by atoms with E-state index in [0.717, 1.165) is 0 Å². The summed E-state index contributed by atoms with van der Waals surface area (Å²) in [6.07, 6.45) is -0.738. The zero-order valence-electron chi connectivity index (χ0n) is 4.98. The third-order valence-electron chi connectivity index (χ3n) is 0.593. The molecular weight excluding hydrogens is 145 g/mol. The molecule has 0 aliphatic rings. The summed E-state index contributed by atoms with van der Waals surface area (Å²) < 4.78 is 10.0. The van der Waals surface area contributed by atoms with Gasteiger partial charge in [-0.25, -0.2) is 9.65 Å². The van der Waals surface area contributed by atoms with Gasteiger partial charge in [-0.05, 0) is 6.92 Å².